The highest BCUT2D eigenvalue weighted by Gasteiger charge is 2.45. The molecule has 0 saturated carbocycles. The predicted molar refractivity (Wildman–Crippen MR) is 179 cm³/mol. The lowest BCUT2D eigenvalue weighted by molar-refractivity contribution is -0.192. The van der Waals surface area contributed by atoms with Crippen LogP contribution < -0.4 is 25.7 Å². The van der Waals surface area contributed by atoms with Crippen molar-refractivity contribution < 1.29 is 37.3 Å². The van der Waals surface area contributed by atoms with E-state index in [1.54, 1.807) is 30.1 Å². The Labute approximate surface area is 302 Å². The van der Waals surface area contributed by atoms with Crippen LogP contribution in [0.3, 0.4) is 0 Å². The molecule has 274 valence electrons. The van der Waals surface area contributed by atoms with Gasteiger partial charge in [-0.05, 0) is 30.2 Å². The number of carbonyl (C=O) groups excluding carboxylic acids is 1. The number of nitrogens with zero attached hydrogens (tertiary/aromatic N) is 9. The number of anilines is 1. The largest absolute Gasteiger partial charge is 0.490 e. The van der Waals surface area contributed by atoms with Gasteiger partial charge in [0.15, 0.2) is 5.69 Å². The van der Waals surface area contributed by atoms with E-state index in [1.807, 2.05) is 16.7 Å². The highest BCUT2D eigenvalue weighted by molar-refractivity contribution is 6.31. The van der Waals surface area contributed by atoms with E-state index in [9.17, 15) is 22.8 Å². The molecule has 0 radical (unpaired) electrons. The number of pyridine rings is 1. The molecular weight excluding hydrogens is 736 g/mol. The van der Waals surface area contributed by atoms with E-state index in [1.165, 1.54) is 42.1 Å². The van der Waals surface area contributed by atoms with Gasteiger partial charge in [-0.1, -0.05) is 40.5 Å². The summed E-state index contributed by atoms with van der Waals surface area (Å²) in [5.41, 5.74) is 8.00. The van der Waals surface area contributed by atoms with E-state index >= 15 is 0 Å². The van der Waals surface area contributed by atoms with Crippen molar-refractivity contribution in [1.82, 2.24) is 39.1 Å². The number of rotatable bonds is 10. The number of amides is 1. The van der Waals surface area contributed by atoms with Crippen LogP contribution in [-0.4, -0.2) is 76.5 Å². The van der Waals surface area contributed by atoms with Gasteiger partial charge in [0, 0.05) is 50.3 Å². The quantitative estimate of drug-likeness (QED) is 0.208. The molecule has 1 aliphatic rings. The van der Waals surface area contributed by atoms with Crippen LogP contribution in [0.5, 0.6) is 11.9 Å². The minimum Gasteiger partial charge on any atom is -0.480 e. The number of hydrogen-bond donors (Lipinski definition) is 2. The number of methoxy groups -OCH3 is 2. The number of fused-ring (bicyclic) bond motifs is 1. The number of carbonyl (C=O) groups is 2. The fourth-order valence-electron chi connectivity index (χ4n) is 5.40. The number of hydrogen-bond acceptors (Lipinski definition) is 11. The number of carboxylic acids is 1. The van der Waals surface area contributed by atoms with E-state index in [2.05, 4.69) is 20.3 Å². The van der Waals surface area contributed by atoms with Gasteiger partial charge in [0.1, 0.15) is 17.6 Å². The van der Waals surface area contributed by atoms with E-state index < -0.39 is 29.7 Å². The minimum atomic E-state index is -5.08. The van der Waals surface area contributed by atoms with Gasteiger partial charge < -0.3 is 29.4 Å². The minimum absolute atomic E-state index is 0.112. The third kappa shape index (κ3) is 7.70. The summed E-state index contributed by atoms with van der Waals surface area (Å²) in [4.78, 5) is 51.5. The van der Waals surface area contributed by atoms with Crippen molar-refractivity contribution in [3.05, 3.63) is 92.0 Å². The number of aromatic nitrogens is 8. The monoisotopic (exact) mass is 764 g/mol. The van der Waals surface area contributed by atoms with Crippen molar-refractivity contribution in [2.24, 2.45) is 12.8 Å². The van der Waals surface area contributed by atoms with Gasteiger partial charge in [0.05, 0.1) is 36.2 Å². The average molecular weight is 766 g/mol. The number of ether oxygens (including phenoxy) is 2. The molecule has 21 heteroatoms. The number of aliphatic carboxylic acids is 1. The average Bonchev–Trinajstić information content (AvgIpc) is 3.80. The van der Waals surface area contributed by atoms with E-state index in [0.717, 1.165) is 0 Å². The molecule has 1 aromatic carbocycles. The molecule has 0 spiro atoms. The van der Waals surface area contributed by atoms with Crippen LogP contribution in [0.1, 0.15) is 39.9 Å². The lowest BCUT2D eigenvalue weighted by Gasteiger charge is -2.27. The molecule has 0 saturated heterocycles. The molecule has 0 aliphatic carbocycles. The molecule has 0 bridgehead atoms. The first-order chi connectivity index (χ1) is 24.7. The van der Waals surface area contributed by atoms with Crippen LogP contribution in [0.2, 0.25) is 10.0 Å². The van der Waals surface area contributed by atoms with Gasteiger partial charge in [0.25, 0.3) is 11.5 Å². The molecule has 1 aliphatic heterocycles. The molecular formula is C31H29Cl2F3N10O6. The second kappa shape index (κ2) is 15.4. The summed E-state index contributed by atoms with van der Waals surface area (Å²) in [6.45, 7) is 1.18. The summed E-state index contributed by atoms with van der Waals surface area (Å²) in [7, 11) is 4.51. The summed E-state index contributed by atoms with van der Waals surface area (Å²) in [6, 6.07) is 7.94. The maximum absolute atomic E-state index is 14.3. The maximum atomic E-state index is 14.3. The topological polar surface area (TPSA) is 198 Å². The van der Waals surface area contributed by atoms with Crippen molar-refractivity contribution in [3.63, 3.8) is 0 Å². The van der Waals surface area contributed by atoms with Gasteiger partial charge in [-0.2, -0.15) is 18.2 Å². The zero-order chi connectivity index (χ0) is 37.9. The molecule has 1 amide bonds. The first kappa shape index (κ1) is 37.7. The van der Waals surface area contributed by atoms with Crippen molar-refractivity contribution in [2.75, 3.05) is 19.1 Å². The van der Waals surface area contributed by atoms with Crippen LogP contribution in [-0.2, 0) is 31.5 Å². The standard InChI is InChI=1S/C29H28Cl2N10O4.C2HF3O2/c1-38-14-18(31)11-21(27(38)42)41-23(16-5-7-17(30)8-6-16)24-22(28(41)43)34-25(20-13-33-29(45-3)35-26(20)44-2)40(24)10-4-9-39-15-19(12-32)36-37-39;3-2(4,5)1(6)7/h5-8,11,13-15,23H,4,9-10,12,32H2,1-3H3;(H,6,7)/t23-;/m0./s1. The predicted octanol–water partition coefficient (Wildman–Crippen LogP) is 3.89. The Balaban J connectivity index is 0.000000679. The second-order valence-electron chi connectivity index (χ2n) is 11.0. The Kier molecular flexibility index (Phi) is 11.2. The normalized spacial score (nSPS) is 13.8. The number of carboxylic acid groups (broad SMARTS) is 1. The summed E-state index contributed by atoms with van der Waals surface area (Å²) in [6.07, 6.45) is 0.306. The van der Waals surface area contributed by atoms with Crippen molar-refractivity contribution >= 4 is 40.8 Å². The molecule has 1 atom stereocenters. The Bertz CT molecular complexity index is 2170. The van der Waals surface area contributed by atoms with Gasteiger partial charge >= 0.3 is 18.2 Å². The zero-order valence-electron chi connectivity index (χ0n) is 27.5. The fraction of sp³-hybridized carbons (Fsp3) is 0.290. The number of imidazole rings is 1. The third-order valence-electron chi connectivity index (χ3n) is 7.68. The van der Waals surface area contributed by atoms with Crippen LogP contribution in [0.4, 0.5) is 18.9 Å². The van der Waals surface area contributed by atoms with E-state index in [4.69, 9.17) is 53.3 Å². The SMILES string of the molecule is COc1ncc(-c2nc3c(n2CCCn2cc(CN)nn2)[C@H](c2ccc(Cl)cc2)N(c2cc(Cl)cn(C)c2=O)C3=O)c(OC)n1.O=C(O)C(F)(F)F. The summed E-state index contributed by atoms with van der Waals surface area (Å²) >= 11 is 12.6. The van der Waals surface area contributed by atoms with E-state index in [-0.39, 0.29) is 29.8 Å². The van der Waals surface area contributed by atoms with Gasteiger partial charge in [0.2, 0.25) is 5.88 Å². The van der Waals surface area contributed by atoms with Crippen molar-refractivity contribution in [2.45, 2.75) is 38.3 Å². The number of benzene rings is 1. The number of halogens is 5. The Hall–Kier alpha value is -5.53. The van der Waals surface area contributed by atoms with Crippen molar-refractivity contribution in [1.29, 1.82) is 0 Å². The molecule has 0 fully saturated rings. The lowest BCUT2D eigenvalue weighted by Crippen LogP contribution is -2.35. The van der Waals surface area contributed by atoms with Gasteiger partial charge in [-0.15, -0.1) is 5.10 Å². The maximum Gasteiger partial charge on any atom is 0.490 e. The lowest BCUT2D eigenvalue weighted by atomic mass is 10.0. The smallest absolute Gasteiger partial charge is 0.480 e. The first-order valence-electron chi connectivity index (χ1n) is 15.1. The number of aryl methyl sites for hydroxylation is 2. The van der Waals surface area contributed by atoms with Crippen LogP contribution in [0, 0.1) is 0 Å². The number of nitrogens with two attached hydrogens (primary N) is 1. The summed E-state index contributed by atoms with van der Waals surface area (Å²) < 4.78 is 47.5. The summed E-state index contributed by atoms with van der Waals surface area (Å²) in [5.74, 6) is -2.60. The highest BCUT2D eigenvalue weighted by Crippen LogP contribution is 2.44. The third-order valence-corrected chi connectivity index (χ3v) is 8.14. The Morgan fingerprint density at radius 2 is 1.73 bits per heavy atom. The first-order valence-corrected chi connectivity index (χ1v) is 15.8. The highest BCUT2D eigenvalue weighted by atomic mass is 35.5. The molecule has 5 heterocycles. The van der Waals surface area contributed by atoms with Gasteiger partial charge in [-0.3, -0.25) is 19.2 Å². The molecule has 6 rings (SSSR count). The van der Waals surface area contributed by atoms with E-state index in [0.29, 0.717) is 57.9 Å². The molecule has 16 nitrogen and oxygen atoms in total. The van der Waals surface area contributed by atoms with Crippen LogP contribution in [0.15, 0.2) is 53.7 Å². The van der Waals surface area contributed by atoms with Crippen LogP contribution in [0.25, 0.3) is 11.4 Å². The fourth-order valence-corrected chi connectivity index (χ4v) is 5.78. The zero-order valence-corrected chi connectivity index (χ0v) is 29.0. The van der Waals surface area contributed by atoms with Crippen molar-refractivity contribution in [3.8, 4) is 23.3 Å². The number of alkyl halides is 3. The molecule has 3 N–H and O–H groups in total. The Morgan fingerprint density at radius 1 is 1.04 bits per heavy atom. The second-order valence-corrected chi connectivity index (χ2v) is 11.9. The summed E-state index contributed by atoms with van der Waals surface area (Å²) in [5, 5.41) is 16.2. The Morgan fingerprint density at radius 3 is 2.33 bits per heavy atom. The molecule has 4 aromatic heterocycles. The van der Waals surface area contributed by atoms with Crippen LogP contribution >= 0.6 is 23.2 Å². The molecule has 5 aromatic rings. The molecule has 52 heavy (non-hydrogen) atoms. The van der Waals surface area contributed by atoms with Gasteiger partial charge in [-0.25, -0.2) is 14.8 Å². The molecule has 0 unspecified atom stereocenters.